The van der Waals surface area contributed by atoms with Gasteiger partial charge in [0.1, 0.15) is 0 Å². The Hall–Kier alpha value is 0.380. The van der Waals surface area contributed by atoms with Crippen molar-refractivity contribution in [3.63, 3.8) is 0 Å². The summed E-state index contributed by atoms with van der Waals surface area (Å²) in [4.78, 5) is 12.4. The summed E-state index contributed by atoms with van der Waals surface area (Å²) in [6.07, 6.45) is 0. The van der Waals surface area contributed by atoms with Crippen LogP contribution >= 0.6 is 54.5 Å². The molecule has 1 aromatic carbocycles. The van der Waals surface area contributed by atoms with Crippen molar-refractivity contribution in [3.8, 4) is 0 Å². The third kappa shape index (κ3) is 4.21. The fourth-order valence-electron chi connectivity index (χ4n) is 1.13. The molecule has 1 atom stereocenters. The first-order valence-corrected chi connectivity index (χ1v) is 7.94. The van der Waals surface area contributed by atoms with Gasteiger partial charge in [-0.2, -0.15) is 0 Å². The van der Waals surface area contributed by atoms with Crippen LogP contribution in [0, 0.1) is 3.57 Å². The van der Waals surface area contributed by atoms with Crippen LogP contribution in [0.25, 0.3) is 0 Å². The Labute approximate surface area is 132 Å². The van der Waals surface area contributed by atoms with E-state index >= 15 is 0 Å². The molecular formula is C12H14Br2INO. The van der Waals surface area contributed by atoms with Gasteiger partial charge in [-0.1, -0.05) is 22.9 Å². The molecule has 1 amide bonds. The van der Waals surface area contributed by atoms with E-state index in [4.69, 9.17) is 0 Å². The monoisotopic (exact) mass is 473 g/mol. The number of carbonyl (C=O) groups excluding carboxylic acids is 1. The third-order valence-electron chi connectivity index (χ3n) is 2.60. The molecule has 0 aromatic heterocycles. The Kier molecular flexibility index (Phi) is 5.46. The quantitative estimate of drug-likeness (QED) is 0.512. The van der Waals surface area contributed by atoms with Crippen LogP contribution in [0.3, 0.4) is 0 Å². The van der Waals surface area contributed by atoms with Crippen LogP contribution in [0.15, 0.2) is 22.7 Å². The molecule has 94 valence electrons. The summed E-state index contributed by atoms with van der Waals surface area (Å²) in [5.41, 5.74) is 0.371. The number of alkyl halides is 1. The molecule has 0 fully saturated rings. The average molecular weight is 475 g/mol. The van der Waals surface area contributed by atoms with Gasteiger partial charge >= 0.3 is 0 Å². The van der Waals surface area contributed by atoms with E-state index in [-0.39, 0.29) is 16.3 Å². The Morgan fingerprint density at radius 1 is 1.47 bits per heavy atom. The SMILES string of the molecule is CC(Br)C(C)(C)NC(=O)c1cc(I)ccc1Br. The average Bonchev–Trinajstić information content (AvgIpc) is 2.20. The van der Waals surface area contributed by atoms with Crippen LogP contribution in [0.5, 0.6) is 0 Å². The molecule has 0 aliphatic carbocycles. The first-order chi connectivity index (χ1) is 7.74. The van der Waals surface area contributed by atoms with Crippen molar-refractivity contribution in [2.75, 3.05) is 0 Å². The highest BCUT2D eigenvalue weighted by atomic mass is 127. The third-order valence-corrected chi connectivity index (χ3v) is 5.11. The summed E-state index contributed by atoms with van der Waals surface area (Å²) < 4.78 is 1.86. The topological polar surface area (TPSA) is 29.1 Å². The Balaban J connectivity index is 2.94. The van der Waals surface area contributed by atoms with Gasteiger partial charge < -0.3 is 5.32 Å². The number of nitrogens with one attached hydrogen (secondary N) is 1. The standard InChI is InChI=1S/C12H14Br2INO/c1-7(13)12(2,3)16-11(17)9-6-8(15)4-5-10(9)14/h4-7H,1-3H3,(H,16,17). The van der Waals surface area contributed by atoms with E-state index < -0.39 is 0 Å². The van der Waals surface area contributed by atoms with Crippen LogP contribution in [0.1, 0.15) is 31.1 Å². The lowest BCUT2D eigenvalue weighted by Crippen LogP contribution is -2.48. The zero-order valence-electron chi connectivity index (χ0n) is 9.85. The van der Waals surface area contributed by atoms with E-state index in [2.05, 4.69) is 59.8 Å². The van der Waals surface area contributed by atoms with E-state index in [0.717, 1.165) is 8.04 Å². The number of hydrogen-bond donors (Lipinski definition) is 1. The van der Waals surface area contributed by atoms with Crippen molar-refractivity contribution in [1.29, 1.82) is 0 Å². The van der Waals surface area contributed by atoms with Crippen molar-refractivity contribution < 1.29 is 4.79 Å². The van der Waals surface area contributed by atoms with Gasteiger partial charge in [0, 0.05) is 18.4 Å². The lowest BCUT2D eigenvalue weighted by atomic mass is 10.0. The van der Waals surface area contributed by atoms with Crippen LogP contribution in [0.4, 0.5) is 0 Å². The van der Waals surface area contributed by atoms with Gasteiger partial charge in [0.05, 0.1) is 5.56 Å². The van der Waals surface area contributed by atoms with Crippen molar-refractivity contribution >= 4 is 60.4 Å². The predicted molar refractivity (Wildman–Crippen MR) is 86.8 cm³/mol. The zero-order chi connectivity index (χ0) is 13.2. The van der Waals surface area contributed by atoms with E-state index in [1.165, 1.54) is 0 Å². The van der Waals surface area contributed by atoms with Gasteiger partial charge in [0.2, 0.25) is 0 Å². The molecule has 1 unspecified atom stereocenters. The lowest BCUT2D eigenvalue weighted by molar-refractivity contribution is 0.0913. The molecule has 0 saturated carbocycles. The lowest BCUT2D eigenvalue weighted by Gasteiger charge is -2.29. The van der Waals surface area contributed by atoms with Crippen molar-refractivity contribution in [3.05, 3.63) is 31.8 Å². The normalized spacial score (nSPS) is 13.3. The molecule has 1 N–H and O–H groups in total. The van der Waals surface area contributed by atoms with Crippen LogP contribution in [-0.2, 0) is 0 Å². The minimum absolute atomic E-state index is 0.0632. The maximum atomic E-state index is 12.2. The molecule has 1 aromatic rings. The molecule has 2 nitrogen and oxygen atoms in total. The van der Waals surface area contributed by atoms with Crippen molar-refractivity contribution in [2.45, 2.75) is 31.1 Å². The Morgan fingerprint density at radius 2 is 2.06 bits per heavy atom. The minimum Gasteiger partial charge on any atom is -0.346 e. The molecule has 0 aliphatic rings. The molecule has 5 heteroatoms. The van der Waals surface area contributed by atoms with Crippen LogP contribution in [0.2, 0.25) is 0 Å². The summed E-state index contributed by atoms with van der Waals surface area (Å²) in [5.74, 6) is -0.0632. The van der Waals surface area contributed by atoms with Gasteiger partial charge in [-0.15, -0.1) is 0 Å². The smallest absolute Gasteiger partial charge is 0.252 e. The Morgan fingerprint density at radius 3 is 2.59 bits per heavy atom. The summed E-state index contributed by atoms with van der Waals surface area (Å²) in [6, 6.07) is 5.72. The van der Waals surface area contributed by atoms with Gasteiger partial charge in [-0.3, -0.25) is 4.79 Å². The Bertz CT molecular complexity index is 433. The molecule has 0 saturated heterocycles. The summed E-state index contributed by atoms with van der Waals surface area (Å²) in [5, 5.41) is 3.02. The highest BCUT2D eigenvalue weighted by molar-refractivity contribution is 14.1. The molecule has 0 aliphatic heterocycles. The fraction of sp³-hybridized carbons (Fsp3) is 0.417. The minimum atomic E-state index is -0.294. The molecule has 0 spiro atoms. The van der Waals surface area contributed by atoms with Crippen LogP contribution in [-0.4, -0.2) is 16.3 Å². The maximum absolute atomic E-state index is 12.2. The van der Waals surface area contributed by atoms with Gasteiger partial charge in [-0.25, -0.2) is 0 Å². The number of hydrogen-bond acceptors (Lipinski definition) is 1. The molecule has 17 heavy (non-hydrogen) atoms. The highest BCUT2D eigenvalue weighted by Gasteiger charge is 2.26. The number of rotatable bonds is 3. The van der Waals surface area contributed by atoms with E-state index in [1.807, 2.05) is 39.0 Å². The molecule has 0 bridgehead atoms. The zero-order valence-corrected chi connectivity index (χ0v) is 15.2. The van der Waals surface area contributed by atoms with Gasteiger partial charge in [0.25, 0.3) is 5.91 Å². The largest absolute Gasteiger partial charge is 0.346 e. The summed E-state index contributed by atoms with van der Waals surface area (Å²) in [6.45, 7) is 6.00. The number of carbonyl (C=O) groups is 1. The second kappa shape index (κ2) is 6.02. The first-order valence-electron chi connectivity index (χ1n) is 5.15. The van der Waals surface area contributed by atoms with Gasteiger partial charge in [-0.05, 0) is 70.6 Å². The molecule has 0 heterocycles. The van der Waals surface area contributed by atoms with Crippen molar-refractivity contribution in [2.24, 2.45) is 0 Å². The molecular weight excluding hydrogens is 461 g/mol. The molecule has 0 radical (unpaired) electrons. The maximum Gasteiger partial charge on any atom is 0.252 e. The number of amides is 1. The second-order valence-corrected chi connectivity index (χ2v) is 7.89. The molecule has 1 rings (SSSR count). The van der Waals surface area contributed by atoms with E-state index in [1.54, 1.807) is 0 Å². The first kappa shape index (κ1) is 15.4. The number of benzene rings is 1. The summed E-state index contributed by atoms with van der Waals surface area (Å²) >= 11 is 9.10. The van der Waals surface area contributed by atoms with E-state index in [9.17, 15) is 4.79 Å². The summed E-state index contributed by atoms with van der Waals surface area (Å²) in [7, 11) is 0. The number of halogens is 3. The van der Waals surface area contributed by atoms with Crippen LogP contribution < -0.4 is 5.32 Å². The fourth-order valence-corrected chi connectivity index (χ4v) is 2.16. The predicted octanol–water partition coefficient (Wildman–Crippen LogP) is 4.35. The van der Waals surface area contributed by atoms with Gasteiger partial charge in [0.15, 0.2) is 0 Å². The van der Waals surface area contributed by atoms with E-state index in [0.29, 0.717) is 5.56 Å². The van der Waals surface area contributed by atoms with Crippen molar-refractivity contribution in [1.82, 2.24) is 5.32 Å². The highest BCUT2D eigenvalue weighted by Crippen LogP contribution is 2.22. The second-order valence-electron chi connectivity index (χ2n) is 4.42.